The topological polar surface area (TPSA) is 109 Å². The first-order valence-electron chi connectivity index (χ1n) is 11.4. The summed E-state index contributed by atoms with van der Waals surface area (Å²) in [5.74, 6) is 0.310. The van der Waals surface area contributed by atoms with Crippen molar-refractivity contribution in [2.24, 2.45) is 0 Å². The molecule has 35 heavy (non-hydrogen) atoms. The second-order valence-corrected chi connectivity index (χ2v) is 9.29. The van der Waals surface area contributed by atoms with Crippen molar-refractivity contribution in [3.05, 3.63) is 65.7 Å². The number of thioether (sulfide) groups is 1. The van der Waals surface area contributed by atoms with Crippen LogP contribution in [0, 0.1) is 6.92 Å². The maximum absolute atomic E-state index is 12.6. The zero-order valence-electron chi connectivity index (χ0n) is 19.6. The number of hydrogen-bond acceptors (Lipinski definition) is 8. The molecule has 1 fully saturated rings. The molecule has 1 saturated heterocycles. The van der Waals surface area contributed by atoms with Crippen LogP contribution in [-0.4, -0.2) is 61.8 Å². The number of H-pyrrole nitrogens is 1. The van der Waals surface area contributed by atoms with Crippen LogP contribution in [0.25, 0.3) is 22.3 Å². The molecule has 0 aliphatic carbocycles. The van der Waals surface area contributed by atoms with E-state index in [2.05, 4.69) is 25.1 Å². The van der Waals surface area contributed by atoms with Gasteiger partial charge in [0.25, 0.3) is 0 Å². The van der Waals surface area contributed by atoms with Gasteiger partial charge in [0, 0.05) is 13.1 Å². The van der Waals surface area contributed by atoms with Gasteiger partial charge in [0.1, 0.15) is 17.2 Å². The van der Waals surface area contributed by atoms with Gasteiger partial charge in [-0.3, -0.25) is 4.57 Å². The summed E-state index contributed by atoms with van der Waals surface area (Å²) in [6.07, 6.45) is 2.24. The number of nitrogens with one attached hydrogen (secondary N) is 1. The van der Waals surface area contributed by atoms with Crippen LogP contribution in [0.5, 0.6) is 0 Å². The molecule has 4 aromatic rings. The molecule has 0 atom stereocenters. The number of nitrogens with zero attached hydrogens (tertiary/aromatic N) is 5. The largest absolute Gasteiger partial charge is 0.510 e. The van der Waals surface area contributed by atoms with Gasteiger partial charge in [-0.15, -0.1) is 10.2 Å². The number of fused-ring (bicyclic) bond motifs is 1. The van der Waals surface area contributed by atoms with Crippen LogP contribution in [0.4, 0.5) is 5.95 Å². The fourth-order valence-electron chi connectivity index (χ4n) is 4.13. The number of methoxy groups -OCH3 is 1. The quantitative estimate of drug-likeness (QED) is 0.171. The molecule has 2 aromatic heterocycles. The van der Waals surface area contributed by atoms with Crippen molar-refractivity contribution < 1.29 is 14.6 Å². The third-order valence-corrected chi connectivity index (χ3v) is 6.88. The second kappa shape index (κ2) is 9.83. The molecule has 0 bridgehead atoms. The summed E-state index contributed by atoms with van der Waals surface area (Å²) in [5, 5.41) is 20.5. The van der Waals surface area contributed by atoms with Crippen LogP contribution >= 0.6 is 11.8 Å². The van der Waals surface area contributed by atoms with Crippen molar-refractivity contribution in [2.75, 3.05) is 30.9 Å². The fourth-order valence-corrected chi connectivity index (χ4v) is 4.95. The number of rotatable bonds is 7. The van der Waals surface area contributed by atoms with Crippen LogP contribution in [0.15, 0.2) is 59.4 Å². The van der Waals surface area contributed by atoms with Crippen LogP contribution in [-0.2, 0) is 9.53 Å². The van der Waals surface area contributed by atoms with E-state index in [1.165, 1.54) is 18.9 Å². The Bertz CT molecular complexity index is 1350. The Kier molecular flexibility index (Phi) is 6.45. The van der Waals surface area contributed by atoms with Gasteiger partial charge in [0.2, 0.25) is 5.95 Å². The number of anilines is 1. The molecule has 5 rings (SSSR count). The monoisotopic (exact) mass is 490 g/mol. The van der Waals surface area contributed by atoms with Gasteiger partial charge in [0.15, 0.2) is 5.16 Å². The van der Waals surface area contributed by atoms with E-state index in [1.54, 1.807) is 0 Å². The third-order valence-electron chi connectivity index (χ3n) is 5.94. The number of carbonyl (C=O) groups is 1. The maximum Gasteiger partial charge on any atom is 0.345 e. The molecule has 1 aliphatic heterocycles. The van der Waals surface area contributed by atoms with Gasteiger partial charge in [-0.25, -0.2) is 9.78 Å². The van der Waals surface area contributed by atoms with Crippen molar-refractivity contribution in [2.45, 2.75) is 24.9 Å². The predicted octanol–water partition coefficient (Wildman–Crippen LogP) is 4.29. The zero-order chi connectivity index (χ0) is 24.4. The minimum atomic E-state index is -0.667. The van der Waals surface area contributed by atoms with Gasteiger partial charge < -0.3 is 19.7 Å². The summed E-state index contributed by atoms with van der Waals surface area (Å²) in [4.78, 5) is 22.4. The lowest BCUT2D eigenvalue weighted by molar-refractivity contribution is -0.133. The molecule has 2 aromatic carbocycles. The molecule has 2 N–H and O–H groups in total. The van der Waals surface area contributed by atoms with Gasteiger partial charge in [-0.05, 0) is 44.0 Å². The Morgan fingerprint density at radius 1 is 1.11 bits per heavy atom. The highest BCUT2D eigenvalue weighted by molar-refractivity contribution is 7.99. The van der Waals surface area contributed by atoms with Crippen molar-refractivity contribution >= 4 is 40.3 Å². The number of aliphatic hydroxyl groups is 1. The Balaban J connectivity index is 1.49. The number of benzene rings is 2. The lowest BCUT2D eigenvalue weighted by Gasteiger charge is -2.18. The summed E-state index contributed by atoms with van der Waals surface area (Å²) in [6, 6.07) is 15.6. The molecule has 3 heterocycles. The number of aromatic amines is 1. The number of carbonyl (C=O) groups excluding carboxylic acids is 1. The summed E-state index contributed by atoms with van der Waals surface area (Å²) in [7, 11) is 1.28. The molecular formula is C25H26N6O3S. The number of esters is 1. The van der Waals surface area contributed by atoms with Gasteiger partial charge in [-0.1, -0.05) is 41.6 Å². The summed E-state index contributed by atoms with van der Waals surface area (Å²) in [5.41, 5.74) is 3.56. The average molecular weight is 491 g/mol. The van der Waals surface area contributed by atoms with Crippen LogP contribution in [0.3, 0.4) is 0 Å². The van der Waals surface area contributed by atoms with E-state index in [0.717, 1.165) is 48.6 Å². The Morgan fingerprint density at radius 2 is 1.86 bits per heavy atom. The molecule has 1 aliphatic rings. The van der Waals surface area contributed by atoms with E-state index in [-0.39, 0.29) is 22.9 Å². The van der Waals surface area contributed by atoms with E-state index in [4.69, 9.17) is 4.74 Å². The highest BCUT2D eigenvalue weighted by Gasteiger charge is 2.25. The molecule has 0 radical (unpaired) electrons. The minimum Gasteiger partial charge on any atom is -0.510 e. The first-order chi connectivity index (χ1) is 17.0. The lowest BCUT2D eigenvalue weighted by Crippen LogP contribution is -2.22. The predicted molar refractivity (Wildman–Crippen MR) is 136 cm³/mol. The molecule has 180 valence electrons. The molecule has 10 heteroatoms. The van der Waals surface area contributed by atoms with E-state index in [9.17, 15) is 9.90 Å². The first-order valence-corrected chi connectivity index (χ1v) is 12.4. The highest BCUT2D eigenvalue weighted by Crippen LogP contribution is 2.31. The number of aromatic nitrogens is 5. The smallest absolute Gasteiger partial charge is 0.345 e. The molecule has 0 saturated carbocycles. The fraction of sp³-hybridized carbons (Fsp3) is 0.280. The Labute approximate surface area is 206 Å². The second-order valence-electron chi connectivity index (χ2n) is 8.35. The van der Waals surface area contributed by atoms with Crippen molar-refractivity contribution in [3.63, 3.8) is 0 Å². The Morgan fingerprint density at radius 3 is 2.57 bits per heavy atom. The van der Waals surface area contributed by atoms with Crippen molar-refractivity contribution in [1.29, 1.82) is 0 Å². The summed E-state index contributed by atoms with van der Waals surface area (Å²) in [6.45, 7) is 3.90. The van der Waals surface area contributed by atoms with Crippen LogP contribution < -0.4 is 4.90 Å². The van der Waals surface area contributed by atoms with Gasteiger partial charge >= 0.3 is 5.97 Å². The standard InChI is InChI=1S/C25H26N6O3S/c1-16-9-11-17(12-10-16)31-24(30-13-5-6-14-30)28-29-25(31)35-15-20(32)21(23(33)34-2)22-26-18-7-3-4-8-19(18)27-22/h3-4,7-12,32H,5-6,13-15H2,1-2H3,(H,26,27)/b21-20+. The van der Waals surface area contributed by atoms with E-state index >= 15 is 0 Å². The molecular weight excluding hydrogens is 464 g/mol. The number of para-hydroxylation sites is 2. The summed E-state index contributed by atoms with van der Waals surface area (Å²) < 4.78 is 6.95. The van der Waals surface area contributed by atoms with E-state index in [1.807, 2.05) is 60.0 Å². The maximum atomic E-state index is 12.6. The van der Waals surface area contributed by atoms with Crippen molar-refractivity contribution in [1.82, 2.24) is 24.7 Å². The summed E-state index contributed by atoms with van der Waals surface area (Å²) >= 11 is 1.30. The average Bonchev–Trinajstić information content (AvgIpc) is 3.62. The first kappa shape index (κ1) is 23.0. The van der Waals surface area contributed by atoms with E-state index < -0.39 is 5.97 Å². The van der Waals surface area contributed by atoms with Gasteiger partial charge in [-0.2, -0.15) is 0 Å². The molecule has 0 unspecified atom stereocenters. The van der Waals surface area contributed by atoms with Crippen LogP contribution in [0.2, 0.25) is 0 Å². The number of ether oxygens (including phenoxy) is 1. The van der Waals surface area contributed by atoms with Crippen molar-refractivity contribution in [3.8, 4) is 5.69 Å². The van der Waals surface area contributed by atoms with Crippen LogP contribution in [0.1, 0.15) is 24.2 Å². The normalized spacial score (nSPS) is 14.4. The SMILES string of the molecule is COC(=O)/C(=C(/O)CSc1nnc(N2CCCC2)n1-c1ccc(C)cc1)c1nc2ccccc2[nH]1. The zero-order valence-corrected chi connectivity index (χ0v) is 20.4. The molecule has 9 nitrogen and oxygen atoms in total. The highest BCUT2D eigenvalue weighted by atomic mass is 32.2. The molecule has 0 amide bonds. The number of aryl methyl sites for hydroxylation is 1. The lowest BCUT2D eigenvalue weighted by atomic mass is 10.2. The number of imidazole rings is 1. The molecule has 0 spiro atoms. The Hall–Kier alpha value is -3.79. The third kappa shape index (κ3) is 4.61. The number of aliphatic hydroxyl groups excluding tert-OH is 1. The number of hydrogen-bond donors (Lipinski definition) is 2. The minimum absolute atomic E-state index is 0.00244. The van der Waals surface area contributed by atoms with Gasteiger partial charge in [0.05, 0.1) is 29.6 Å². The van der Waals surface area contributed by atoms with E-state index in [0.29, 0.717) is 10.7 Å².